The normalized spacial score (nSPS) is 11.3. The summed E-state index contributed by atoms with van der Waals surface area (Å²) >= 11 is 0. The molecule has 5 heteroatoms. The van der Waals surface area contributed by atoms with E-state index in [2.05, 4.69) is 34.6 Å². The fourth-order valence-corrected chi connectivity index (χ4v) is 3.61. The van der Waals surface area contributed by atoms with E-state index in [1.807, 2.05) is 61.7 Å². The maximum absolute atomic E-state index is 5.88. The number of benzene rings is 3. The zero-order chi connectivity index (χ0) is 21.6. The van der Waals surface area contributed by atoms with E-state index < -0.39 is 0 Å². The lowest BCUT2D eigenvalue weighted by Gasteiger charge is -2.11. The van der Waals surface area contributed by atoms with Crippen molar-refractivity contribution in [2.45, 2.75) is 26.7 Å². The third-order valence-electron chi connectivity index (χ3n) is 5.20. The molecule has 0 spiro atoms. The van der Waals surface area contributed by atoms with Gasteiger partial charge in [0.1, 0.15) is 11.5 Å². The van der Waals surface area contributed by atoms with Gasteiger partial charge in [-0.05, 0) is 55.1 Å². The molecule has 158 valence electrons. The Hall–Kier alpha value is -3.60. The minimum atomic E-state index is 0.715. The number of fused-ring (bicyclic) bond motifs is 2. The number of hydrogen-bond donors (Lipinski definition) is 1. The number of hydrazone groups is 1. The molecule has 0 saturated carbocycles. The number of aromatic nitrogens is 1. The summed E-state index contributed by atoms with van der Waals surface area (Å²) in [6.07, 6.45) is 3.98. The van der Waals surface area contributed by atoms with Crippen LogP contribution in [0.5, 0.6) is 11.5 Å². The number of anilines is 1. The lowest BCUT2D eigenvalue weighted by molar-refractivity contribution is 0.310. The van der Waals surface area contributed by atoms with Gasteiger partial charge in [-0.3, -0.25) is 10.4 Å². The van der Waals surface area contributed by atoms with E-state index in [1.54, 1.807) is 7.11 Å². The highest BCUT2D eigenvalue weighted by Crippen LogP contribution is 2.29. The molecule has 5 nitrogen and oxygen atoms in total. The molecule has 0 fully saturated rings. The Labute approximate surface area is 182 Å². The molecule has 0 unspecified atom stereocenters. The first-order chi connectivity index (χ1) is 15.2. The second-order valence-electron chi connectivity index (χ2n) is 7.46. The fraction of sp³-hybridized carbons (Fsp3) is 0.231. The summed E-state index contributed by atoms with van der Waals surface area (Å²) in [6.45, 7) is 4.85. The number of hydrogen-bond acceptors (Lipinski definition) is 5. The van der Waals surface area contributed by atoms with Crippen molar-refractivity contribution in [2.75, 3.05) is 19.1 Å². The van der Waals surface area contributed by atoms with Crippen molar-refractivity contribution in [1.29, 1.82) is 0 Å². The molecule has 31 heavy (non-hydrogen) atoms. The number of pyridine rings is 1. The van der Waals surface area contributed by atoms with Crippen molar-refractivity contribution in [1.82, 2.24) is 4.98 Å². The summed E-state index contributed by atoms with van der Waals surface area (Å²) in [6, 6.07) is 20.1. The number of nitrogens with zero attached hydrogens (tertiary/aromatic N) is 2. The van der Waals surface area contributed by atoms with Gasteiger partial charge in [0.25, 0.3) is 0 Å². The van der Waals surface area contributed by atoms with Crippen LogP contribution in [0.3, 0.4) is 0 Å². The topological polar surface area (TPSA) is 55.7 Å². The standard InChI is InChI=1S/C26H27N3O2/c1-4-5-14-31-20-11-12-24-23(16-20)25(15-18(2)28-24)29-27-17-19-10-13-26(30-3)22-9-7-6-8-21(19)22/h6-13,15-17H,4-5,14H2,1-3H3,(H,28,29)/b27-17-. The molecule has 0 amide bonds. The van der Waals surface area contributed by atoms with Gasteiger partial charge in [-0.15, -0.1) is 0 Å². The molecule has 1 N–H and O–H groups in total. The molecular weight excluding hydrogens is 386 g/mol. The Kier molecular flexibility index (Phi) is 6.32. The average molecular weight is 414 g/mol. The van der Waals surface area contributed by atoms with Crippen LogP contribution in [0.15, 0.2) is 65.8 Å². The van der Waals surface area contributed by atoms with Crippen molar-refractivity contribution >= 4 is 33.6 Å². The molecule has 0 aliphatic carbocycles. The predicted octanol–water partition coefficient (Wildman–Crippen LogP) is 6.33. The number of aryl methyl sites for hydroxylation is 1. The van der Waals surface area contributed by atoms with Crippen LogP contribution in [0.1, 0.15) is 31.0 Å². The van der Waals surface area contributed by atoms with Crippen LogP contribution in [0.4, 0.5) is 5.69 Å². The molecule has 4 rings (SSSR count). The Morgan fingerprint density at radius 3 is 2.65 bits per heavy atom. The fourth-order valence-electron chi connectivity index (χ4n) is 3.61. The summed E-state index contributed by atoms with van der Waals surface area (Å²) in [5.41, 5.74) is 6.97. The number of ether oxygens (including phenoxy) is 2. The van der Waals surface area contributed by atoms with Gasteiger partial charge in [0.2, 0.25) is 0 Å². The van der Waals surface area contributed by atoms with Crippen LogP contribution >= 0.6 is 0 Å². The first-order valence-electron chi connectivity index (χ1n) is 10.6. The van der Waals surface area contributed by atoms with Crippen LogP contribution in [0.25, 0.3) is 21.7 Å². The number of methoxy groups -OCH3 is 1. The molecule has 4 aromatic rings. The van der Waals surface area contributed by atoms with Crippen molar-refractivity contribution < 1.29 is 9.47 Å². The second kappa shape index (κ2) is 9.47. The minimum Gasteiger partial charge on any atom is -0.496 e. The van der Waals surface area contributed by atoms with E-state index in [-0.39, 0.29) is 0 Å². The average Bonchev–Trinajstić information content (AvgIpc) is 2.79. The van der Waals surface area contributed by atoms with Gasteiger partial charge in [-0.25, -0.2) is 0 Å². The highest BCUT2D eigenvalue weighted by Gasteiger charge is 2.07. The van der Waals surface area contributed by atoms with E-state index >= 15 is 0 Å². The van der Waals surface area contributed by atoms with Gasteiger partial charge in [0, 0.05) is 22.0 Å². The largest absolute Gasteiger partial charge is 0.496 e. The predicted molar refractivity (Wildman–Crippen MR) is 129 cm³/mol. The monoisotopic (exact) mass is 413 g/mol. The van der Waals surface area contributed by atoms with Crippen molar-refractivity contribution in [3.63, 3.8) is 0 Å². The van der Waals surface area contributed by atoms with Gasteiger partial charge in [0.05, 0.1) is 31.1 Å². The third kappa shape index (κ3) is 4.61. The lowest BCUT2D eigenvalue weighted by atomic mass is 10.0. The molecule has 0 atom stereocenters. The van der Waals surface area contributed by atoms with E-state index in [1.165, 1.54) is 0 Å². The molecular formula is C26H27N3O2. The Balaban J connectivity index is 1.63. The zero-order valence-electron chi connectivity index (χ0n) is 18.2. The Morgan fingerprint density at radius 2 is 1.84 bits per heavy atom. The molecule has 3 aromatic carbocycles. The SMILES string of the molecule is CCCCOc1ccc2nc(C)cc(N/N=C\c3ccc(OC)c4ccccc34)c2c1. The Bertz CT molecular complexity index is 1230. The van der Waals surface area contributed by atoms with E-state index in [0.29, 0.717) is 6.61 Å². The molecule has 0 aliphatic rings. The number of unbranched alkanes of at least 4 members (excludes halogenated alkanes) is 1. The third-order valence-corrected chi connectivity index (χ3v) is 5.20. The van der Waals surface area contributed by atoms with Gasteiger partial charge >= 0.3 is 0 Å². The minimum absolute atomic E-state index is 0.715. The summed E-state index contributed by atoms with van der Waals surface area (Å²) in [5.74, 6) is 1.70. The molecule has 0 radical (unpaired) electrons. The number of nitrogens with one attached hydrogen (secondary N) is 1. The lowest BCUT2D eigenvalue weighted by Crippen LogP contribution is -1.98. The smallest absolute Gasteiger partial charge is 0.126 e. The summed E-state index contributed by atoms with van der Waals surface area (Å²) in [7, 11) is 1.69. The van der Waals surface area contributed by atoms with Crippen LogP contribution in [0, 0.1) is 6.92 Å². The first-order valence-corrected chi connectivity index (χ1v) is 10.6. The maximum atomic E-state index is 5.88. The van der Waals surface area contributed by atoms with Crippen LogP contribution in [-0.2, 0) is 0 Å². The van der Waals surface area contributed by atoms with Crippen LogP contribution < -0.4 is 14.9 Å². The molecule has 0 bridgehead atoms. The first kappa shape index (κ1) is 20.7. The molecule has 0 aliphatic heterocycles. The van der Waals surface area contributed by atoms with E-state index in [4.69, 9.17) is 9.47 Å². The number of rotatable bonds is 8. The maximum Gasteiger partial charge on any atom is 0.126 e. The van der Waals surface area contributed by atoms with Crippen molar-refractivity contribution in [2.24, 2.45) is 5.10 Å². The quantitative estimate of drug-likeness (QED) is 0.208. The van der Waals surface area contributed by atoms with Crippen LogP contribution in [-0.4, -0.2) is 24.9 Å². The highest BCUT2D eigenvalue weighted by atomic mass is 16.5. The highest BCUT2D eigenvalue weighted by molar-refractivity contribution is 6.02. The van der Waals surface area contributed by atoms with Gasteiger partial charge in [-0.2, -0.15) is 5.10 Å². The van der Waals surface area contributed by atoms with Gasteiger partial charge < -0.3 is 9.47 Å². The van der Waals surface area contributed by atoms with E-state index in [0.717, 1.165) is 63.0 Å². The van der Waals surface area contributed by atoms with Crippen LogP contribution in [0.2, 0.25) is 0 Å². The molecule has 1 heterocycles. The molecule has 1 aromatic heterocycles. The second-order valence-corrected chi connectivity index (χ2v) is 7.46. The summed E-state index contributed by atoms with van der Waals surface area (Å²) < 4.78 is 11.4. The van der Waals surface area contributed by atoms with Crippen molar-refractivity contribution in [3.05, 3.63) is 71.9 Å². The van der Waals surface area contributed by atoms with Gasteiger partial charge in [-0.1, -0.05) is 37.6 Å². The van der Waals surface area contributed by atoms with Gasteiger partial charge in [0.15, 0.2) is 0 Å². The summed E-state index contributed by atoms with van der Waals surface area (Å²) in [4.78, 5) is 4.64. The summed E-state index contributed by atoms with van der Waals surface area (Å²) in [5, 5.41) is 7.67. The van der Waals surface area contributed by atoms with E-state index in [9.17, 15) is 0 Å². The molecule has 0 saturated heterocycles. The zero-order valence-corrected chi connectivity index (χ0v) is 18.2. The van der Waals surface area contributed by atoms with Crippen molar-refractivity contribution in [3.8, 4) is 11.5 Å². The Morgan fingerprint density at radius 1 is 1.00 bits per heavy atom.